The maximum Gasteiger partial charge on any atom is 0.266 e. The van der Waals surface area contributed by atoms with Crippen LogP contribution >= 0.6 is 0 Å². The predicted octanol–water partition coefficient (Wildman–Crippen LogP) is -4.83. The maximum atomic E-state index is 11.1. The van der Waals surface area contributed by atoms with E-state index in [2.05, 4.69) is 0 Å². The van der Waals surface area contributed by atoms with Crippen molar-refractivity contribution in [3.05, 3.63) is 29.8 Å². The zero-order valence-corrected chi connectivity index (χ0v) is 13.4. The van der Waals surface area contributed by atoms with Gasteiger partial charge in [-0.05, 0) is 12.1 Å². The summed E-state index contributed by atoms with van der Waals surface area (Å²) in [6, 6.07) is 6.09. The summed E-state index contributed by atoms with van der Waals surface area (Å²) >= 11 is 0. The van der Waals surface area contributed by atoms with Gasteiger partial charge in [0.2, 0.25) is 0 Å². The molecule has 1 aromatic rings. The smallest absolute Gasteiger partial charge is 0.266 e. The molecule has 1 aromatic carbocycles. The van der Waals surface area contributed by atoms with Crippen LogP contribution in [0.2, 0.25) is 0 Å². The van der Waals surface area contributed by atoms with Crippen LogP contribution in [0.5, 0.6) is 0 Å². The number of benzene rings is 1. The topological polar surface area (TPSA) is 252 Å². The van der Waals surface area contributed by atoms with Crippen molar-refractivity contribution in [3.8, 4) is 0 Å². The van der Waals surface area contributed by atoms with E-state index in [1.54, 1.807) is 12.1 Å². The minimum absolute atomic E-state index is 0. The molecule has 0 radical (unpaired) electrons. The van der Waals surface area contributed by atoms with Crippen LogP contribution in [0.3, 0.4) is 0 Å². The first-order valence-corrected chi connectivity index (χ1v) is 4.76. The van der Waals surface area contributed by atoms with E-state index in [0.29, 0.717) is 0 Å². The SMILES string of the molecule is O.O.O.O.O.O.O=C1NS(=O)(=O)c2ccccc21.[Zn]. The average molecular weight is 357 g/mol. The molecular formula is C7H17NO9SZn. The van der Waals surface area contributed by atoms with Crippen molar-refractivity contribution in [2.45, 2.75) is 4.90 Å². The number of hydrogen-bond donors (Lipinski definition) is 1. The average Bonchev–Trinajstić information content (AvgIpc) is 2.25. The molecule has 0 atom stereocenters. The van der Waals surface area contributed by atoms with Crippen LogP contribution in [0.1, 0.15) is 10.4 Å². The van der Waals surface area contributed by atoms with E-state index in [1.807, 2.05) is 4.72 Å². The molecular weight excluding hydrogens is 340 g/mol. The third-order valence-electron chi connectivity index (χ3n) is 1.65. The predicted molar refractivity (Wildman–Crippen MR) is 62.8 cm³/mol. The van der Waals surface area contributed by atoms with Gasteiger partial charge in [0, 0.05) is 19.5 Å². The number of fused-ring (bicyclic) bond motifs is 1. The van der Waals surface area contributed by atoms with Gasteiger partial charge in [0.05, 0.1) is 5.56 Å². The zero-order valence-electron chi connectivity index (χ0n) is 9.65. The fourth-order valence-corrected chi connectivity index (χ4v) is 2.29. The Labute approximate surface area is 121 Å². The fraction of sp³-hybridized carbons (Fsp3) is 0. The summed E-state index contributed by atoms with van der Waals surface area (Å²) in [6.45, 7) is 0. The van der Waals surface area contributed by atoms with Crippen LogP contribution in [0.15, 0.2) is 29.2 Å². The first-order chi connectivity index (χ1) is 5.61. The van der Waals surface area contributed by atoms with Gasteiger partial charge in [-0.2, -0.15) is 0 Å². The number of rotatable bonds is 0. The van der Waals surface area contributed by atoms with Crippen LogP contribution in [0.25, 0.3) is 0 Å². The van der Waals surface area contributed by atoms with Crippen LogP contribution in [0.4, 0.5) is 0 Å². The van der Waals surface area contributed by atoms with E-state index in [1.165, 1.54) is 12.1 Å². The minimum atomic E-state index is -3.55. The molecule has 0 saturated carbocycles. The van der Waals surface area contributed by atoms with Gasteiger partial charge in [0.25, 0.3) is 15.9 Å². The molecule has 0 bridgehead atoms. The van der Waals surface area contributed by atoms with Gasteiger partial charge in [-0.25, -0.2) is 13.1 Å². The van der Waals surface area contributed by atoms with Gasteiger partial charge >= 0.3 is 0 Å². The van der Waals surface area contributed by atoms with Gasteiger partial charge in [-0.15, -0.1) is 0 Å². The van der Waals surface area contributed by atoms with E-state index in [0.717, 1.165) is 0 Å². The summed E-state index contributed by atoms with van der Waals surface area (Å²) in [5.74, 6) is -0.550. The van der Waals surface area contributed by atoms with Crippen molar-refractivity contribution < 1.29 is 65.5 Å². The summed E-state index contributed by atoms with van der Waals surface area (Å²) < 4.78 is 24.2. The van der Waals surface area contributed by atoms with Gasteiger partial charge in [-0.3, -0.25) is 4.79 Å². The van der Waals surface area contributed by atoms with E-state index < -0.39 is 15.9 Å². The molecule has 10 nitrogen and oxygen atoms in total. The van der Waals surface area contributed by atoms with E-state index in [4.69, 9.17) is 0 Å². The number of amides is 1. The standard InChI is InChI=1S/C7H5NO3S.6H2O.Zn/c9-7-5-3-1-2-4-6(5)12(10,11)8-7;;;;;;;/h1-4H,(H,8,9);6*1H2;. The monoisotopic (exact) mass is 355 g/mol. The van der Waals surface area contributed by atoms with Crippen molar-refractivity contribution in [2.24, 2.45) is 0 Å². The molecule has 12 heteroatoms. The molecule has 0 unspecified atom stereocenters. The summed E-state index contributed by atoms with van der Waals surface area (Å²) in [5.41, 5.74) is 0.220. The summed E-state index contributed by atoms with van der Waals surface area (Å²) in [7, 11) is -3.55. The summed E-state index contributed by atoms with van der Waals surface area (Å²) in [6.07, 6.45) is 0. The maximum absolute atomic E-state index is 11.1. The van der Waals surface area contributed by atoms with Crippen molar-refractivity contribution in [1.29, 1.82) is 0 Å². The fourth-order valence-electron chi connectivity index (χ4n) is 1.12. The van der Waals surface area contributed by atoms with Crippen LogP contribution in [-0.2, 0) is 29.5 Å². The zero-order chi connectivity index (χ0) is 8.77. The Morgan fingerprint density at radius 2 is 1.26 bits per heavy atom. The Bertz CT molecular complexity index is 463. The first-order valence-electron chi connectivity index (χ1n) is 3.27. The van der Waals surface area contributed by atoms with Crippen LogP contribution in [0, 0.1) is 0 Å². The van der Waals surface area contributed by atoms with Gasteiger partial charge in [0.1, 0.15) is 4.90 Å². The number of nitrogens with one attached hydrogen (secondary N) is 1. The van der Waals surface area contributed by atoms with Crippen LogP contribution in [-0.4, -0.2) is 47.2 Å². The molecule has 1 aliphatic heterocycles. The van der Waals surface area contributed by atoms with Crippen LogP contribution < -0.4 is 4.72 Å². The molecule has 1 amide bonds. The number of carbonyl (C=O) groups is 1. The molecule has 1 heterocycles. The van der Waals surface area contributed by atoms with Crippen molar-refractivity contribution >= 4 is 15.9 Å². The molecule has 112 valence electrons. The Morgan fingerprint density at radius 3 is 1.68 bits per heavy atom. The van der Waals surface area contributed by atoms with Crippen molar-refractivity contribution in [2.75, 3.05) is 0 Å². The Hall–Kier alpha value is -0.977. The quantitative estimate of drug-likeness (QED) is 0.449. The molecule has 0 aromatic heterocycles. The number of hydrogen-bond acceptors (Lipinski definition) is 3. The largest absolute Gasteiger partial charge is 0.412 e. The summed E-state index contributed by atoms with van der Waals surface area (Å²) in [4.78, 5) is 11.1. The molecule has 19 heavy (non-hydrogen) atoms. The first kappa shape index (κ1) is 36.1. The Morgan fingerprint density at radius 1 is 0.842 bits per heavy atom. The normalized spacial score (nSPS) is 11.7. The third kappa shape index (κ3) is 6.14. The second-order valence-electron chi connectivity index (χ2n) is 2.43. The van der Waals surface area contributed by atoms with Gasteiger partial charge < -0.3 is 32.9 Å². The third-order valence-corrected chi connectivity index (χ3v) is 3.04. The minimum Gasteiger partial charge on any atom is -0.412 e. The van der Waals surface area contributed by atoms with E-state index >= 15 is 0 Å². The van der Waals surface area contributed by atoms with Crippen molar-refractivity contribution in [1.82, 2.24) is 4.72 Å². The molecule has 0 fully saturated rings. The molecule has 1 aliphatic rings. The molecule has 0 spiro atoms. The molecule has 2 rings (SSSR count). The molecule has 0 saturated heterocycles. The Balaban J connectivity index is -0.0000000604. The van der Waals surface area contributed by atoms with Gasteiger partial charge in [-0.1, -0.05) is 12.1 Å². The van der Waals surface area contributed by atoms with E-state index in [-0.39, 0.29) is 62.8 Å². The number of carbonyl (C=O) groups excluding carboxylic acids is 1. The molecule has 13 N–H and O–H groups in total. The van der Waals surface area contributed by atoms with Crippen molar-refractivity contribution in [3.63, 3.8) is 0 Å². The second kappa shape index (κ2) is 12.1. The van der Waals surface area contributed by atoms with Gasteiger partial charge in [0.15, 0.2) is 0 Å². The number of sulfonamides is 1. The van der Waals surface area contributed by atoms with E-state index in [9.17, 15) is 13.2 Å². The summed E-state index contributed by atoms with van der Waals surface area (Å²) in [5, 5.41) is 0. The Kier molecular flexibility index (Phi) is 23.0. The second-order valence-corrected chi connectivity index (χ2v) is 4.08. The molecule has 0 aliphatic carbocycles.